The first kappa shape index (κ1) is 21.6. The quantitative estimate of drug-likeness (QED) is 0.608. The third-order valence-electron chi connectivity index (χ3n) is 6.08. The summed E-state index contributed by atoms with van der Waals surface area (Å²) in [7, 11) is 1.22. The molecule has 2 aromatic carbocycles. The summed E-state index contributed by atoms with van der Waals surface area (Å²) in [6.07, 6.45) is 1.41. The third-order valence-corrected chi connectivity index (χ3v) is 6.08. The monoisotopic (exact) mass is 458 g/mol. The predicted octanol–water partition coefficient (Wildman–Crippen LogP) is 3.37. The van der Waals surface area contributed by atoms with Crippen LogP contribution in [0, 0.1) is 18.6 Å². The lowest BCUT2D eigenvalue weighted by atomic mass is 10.1. The Kier molecular flexibility index (Phi) is 5.86. The smallest absolute Gasteiger partial charge is 0.246 e. The standard InChI is InChI=1S/C23H26F2N6O2.H2/c1-15-7-16(9-17(8-15)29-3-5-30(6-4-29)19-12-33-13-19)27-23-26-14-31(28-23)18-10-20(24)22(32-2)21(25)11-18;/h7-11,14,19H,3-6,12-13H2,1-2H3,(H,27,28);1H. The van der Waals surface area contributed by atoms with Crippen molar-refractivity contribution in [3.63, 3.8) is 0 Å². The van der Waals surface area contributed by atoms with Crippen LogP contribution < -0.4 is 15.0 Å². The number of methoxy groups -OCH3 is 1. The second-order valence-electron chi connectivity index (χ2n) is 8.35. The van der Waals surface area contributed by atoms with Gasteiger partial charge in [-0.1, -0.05) is 0 Å². The number of ether oxygens (including phenoxy) is 2. The molecule has 0 unspecified atom stereocenters. The molecule has 3 heterocycles. The fraction of sp³-hybridized carbons (Fsp3) is 0.391. The van der Waals surface area contributed by atoms with E-state index in [2.05, 4.69) is 37.3 Å². The highest BCUT2D eigenvalue weighted by Crippen LogP contribution is 2.27. The third kappa shape index (κ3) is 4.49. The number of aromatic nitrogens is 3. The van der Waals surface area contributed by atoms with Crippen LogP contribution in [-0.4, -0.2) is 72.2 Å². The SMILES string of the molecule is COc1c(F)cc(-n2cnc(Nc3cc(C)cc(N4CCN(C5COC5)CC4)c3)n2)cc1F.[HH]. The van der Waals surface area contributed by atoms with Gasteiger partial charge in [-0.05, 0) is 30.7 Å². The van der Waals surface area contributed by atoms with Gasteiger partial charge in [0.1, 0.15) is 6.33 Å². The molecule has 1 N–H and O–H groups in total. The van der Waals surface area contributed by atoms with E-state index in [1.54, 1.807) is 0 Å². The molecule has 0 amide bonds. The second-order valence-corrected chi connectivity index (χ2v) is 8.35. The van der Waals surface area contributed by atoms with Gasteiger partial charge in [0.15, 0.2) is 17.4 Å². The largest absolute Gasteiger partial charge is 0.491 e. The number of nitrogens with one attached hydrogen (secondary N) is 1. The van der Waals surface area contributed by atoms with E-state index in [1.807, 2.05) is 13.0 Å². The Balaban J connectivity index is 0.00000274. The Morgan fingerprint density at radius 1 is 1.03 bits per heavy atom. The van der Waals surface area contributed by atoms with E-state index in [4.69, 9.17) is 9.47 Å². The molecule has 0 spiro atoms. The maximum atomic E-state index is 14.1. The molecule has 33 heavy (non-hydrogen) atoms. The lowest BCUT2D eigenvalue weighted by Gasteiger charge is -2.43. The minimum Gasteiger partial charge on any atom is -0.491 e. The van der Waals surface area contributed by atoms with Crippen molar-refractivity contribution < 1.29 is 19.7 Å². The molecule has 0 atom stereocenters. The normalized spacial score (nSPS) is 17.2. The fourth-order valence-electron chi connectivity index (χ4n) is 4.24. The first-order valence-electron chi connectivity index (χ1n) is 10.9. The Morgan fingerprint density at radius 3 is 2.39 bits per heavy atom. The van der Waals surface area contributed by atoms with Gasteiger partial charge in [0.25, 0.3) is 0 Å². The van der Waals surface area contributed by atoms with Crippen molar-refractivity contribution in [2.45, 2.75) is 13.0 Å². The summed E-state index contributed by atoms with van der Waals surface area (Å²) < 4.78 is 39.5. The van der Waals surface area contributed by atoms with Crippen LogP contribution in [0.4, 0.5) is 26.1 Å². The van der Waals surface area contributed by atoms with Gasteiger partial charge in [0.05, 0.1) is 32.1 Å². The van der Waals surface area contributed by atoms with Gasteiger partial charge in [-0.15, -0.1) is 5.10 Å². The van der Waals surface area contributed by atoms with Gasteiger partial charge in [-0.2, -0.15) is 4.98 Å². The van der Waals surface area contributed by atoms with E-state index < -0.39 is 17.4 Å². The van der Waals surface area contributed by atoms with Crippen molar-refractivity contribution in [2.75, 3.05) is 56.7 Å². The van der Waals surface area contributed by atoms with Crippen molar-refractivity contribution in [3.05, 3.63) is 53.9 Å². The van der Waals surface area contributed by atoms with Crippen molar-refractivity contribution in [1.82, 2.24) is 19.7 Å². The summed E-state index contributed by atoms with van der Waals surface area (Å²) in [4.78, 5) is 9.11. The van der Waals surface area contributed by atoms with Crippen molar-refractivity contribution in [2.24, 2.45) is 0 Å². The first-order valence-corrected chi connectivity index (χ1v) is 10.9. The van der Waals surface area contributed by atoms with Gasteiger partial charge in [0.2, 0.25) is 5.95 Å². The number of anilines is 3. The van der Waals surface area contributed by atoms with Crippen LogP contribution in [0.2, 0.25) is 0 Å². The Hall–Kier alpha value is -3.24. The highest BCUT2D eigenvalue weighted by molar-refractivity contribution is 5.64. The number of piperazine rings is 1. The lowest BCUT2D eigenvalue weighted by Crippen LogP contribution is -2.56. The number of nitrogens with zero attached hydrogens (tertiary/aromatic N) is 5. The van der Waals surface area contributed by atoms with Crippen LogP contribution >= 0.6 is 0 Å². The molecular formula is C23H28F2N6O2. The molecule has 1 aromatic heterocycles. The zero-order valence-electron chi connectivity index (χ0n) is 18.6. The highest BCUT2D eigenvalue weighted by atomic mass is 19.1. The maximum Gasteiger partial charge on any atom is 0.246 e. The van der Waals surface area contributed by atoms with Crippen LogP contribution in [0.15, 0.2) is 36.7 Å². The van der Waals surface area contributed by atoms with E-state index in [1.165, 1.54) is 18.1 Å². The molecule has 0 aliphatic carbocycles. The van der Waals surface area contributed by atoms with E-state index in [0.717, 1.165) is 68.5 Å². The maximum absolute atomic E-state index is 14.1. The molecule has 2 aliphatic heterocycles. The summed E-state index contributed by atoms with van der Waals surface area (Å²) in [6.45, 7) is 7.69. The van der Waals surface area contributed by atoms with Crippen molar-refractivity contribution >= 4 is 17.3 Å². The van der Waals surface area contributed by atoms with Gasteiger partial charge in [-0.3, -0.25) is 4.90 Å². The Morgan fingerprint density at radius 2 is 1.76 bits per heavy atom. The predicted molar refractivity (Wildman–Crippen MR) is 123 cm³/mol. The van der Waals surface area contributed by atoms with Gasteiger partial charge in [-0.25, -0.2) is 13.5 Å². The average Bonchev–Trinajstić information content (AvgIpc) is 3.21. The van der Waals surface area contributed by atoms with Crippen LogP contribution in [0.5, 0.6) is 5.75 Å². The van der Waals surface area contributed by atoms with Crippen molar-refractivity contribution in [1.29, 1.82) is 0 Å². The first-order chi connectivity index (χ1) is 16.0. The van der Waals surface area contributed by atoms with Crippen LogP contribution in [0.1, 0.15) is 6.99 Å². The number of rotatable bonds is 6. The molecule has 2 aliphatic rings. The molecule has 176 valence electrons. The van der Waals surface area contributed by atoms with E-state index in [-0.39, 0.29) is 7.11 Å². The molecule has 3 aromatic rings. The molecular weight excluding hydrogens is 430 g/mol. The number of hydrogen-bond acceptors (Lipinski definition) is 7. The van der Waals surface area contributed by atoms with Crippen LogP contribution in [-0.2, 0) is 4.74 Å². The molecule has 10 heteroatoms. The molecule has 0 radical (unpaired) electrons. The summed E-state index contributed by atoms with van der Waals surface area (Å²) in [5.41, 5.74) is 3.32. The van der Waals surface area contributed by atoms with Gasteiger partial charge in [0, 0.05) is 51.1 Å². The number of halogens is 2. The molecule has 0 saturated carbocycles. The van der Waals surface area contributed by atoms with E-state index in [9.17, 15) is 8.78 Å². The zero-order chi connectivity index (χ0) is 22.9. The van der Waals surface area contributed by atoms with Crippen molar-refractivity contribution in [3.8, 4) is 11.4 Å². The van der Waals surface area contributed by atoms with E-state index >= 15 is 0 Å². The highest BCUT2D eigenvalue weighted by Gasteiger charge is 2.29. The minimum atomic E-state index is -0.800. The number of hydrogen-bond donors (Lipinski definition) is 1. The summed E-state index contributed by atoms with van der Waals surface area (Å²) >= 11 is 0. The fourth-order valence-corrected chi connectivity index (χ4v) is 4.24. The molecule has 2 saturated heterocycles. The molecule has 2 fully saturated rings. The topological polar surface area (TPSA) is 67.7 Å². The Labute approximate surface area is 192 Å². The Bertz CT molecular complexity index is 1130. The van der Waals surface area contributed by atoms with Crippen LogP contribution in [0.3, 0.4) is 0 Å². The molecule has 5 rings (SSSR count). The number of benzene rings is 2. The minimum absolute atomic E-state index is 0. The van der Waals surface area contributed by atoms with Gasteiger partial charge >= 0.3 is 0 Å². The van der Waals surface area contributed by atoms with Crippen LogP contribution in [0.25, 0.3) is 5.69 Å². The zero-order valence-corrected chi connectivity index (χ0v) is 18.6. The summed E-state index contributed by atoms with van der Waals surface area (Å²) in [5.74, 6) is -1.69. The molecule has 0 bridgehead atoms. The number of aryl methyl sites for hydroxylation is 1. The average molecular weight is 459 g/mol. The molecule has 8 nitrogen and oxygen atoms in total. The summed E-state index contributed by atoms with van der Waals surface area (Å²) in [6, 6.07) is 9.13. The van der Waals surface area contributed by atoms with E-state index in [0.29, 0.717) is 12.0 Å². The second kappa shape index (κ2) is 8.95. The lowest BCUT2D eigenvalue weighted by molar-refractivity contribution is -0.0660. The van der Waals surface area contributed by atoms with Gasteiger partial charge < -0.3 is 19.7 Å². The summed E-state index contributed by atoms with van der Waals surface area (Å²) in [5, 5.41) is 7.52.